The number of likely N-dealkylation sites (tertiary alicyclic amines) is 1. The number of nitrogens with zero attached hydrogens (tertiary/aromatic N) is 2. The third-order valence-corrected chi connectivity index (χ3v) is 6.93. The number of fused-ring (bicyclic) bond motifs is 1. The van der Waals surface area contributed by atoms with Crippen LogP contribution in [0.25, 0.3) is 10.8 Å². The molecule has 11 nitrogen and oxygen atoms in total. The minimum atomic E-state index is -1.11. The Labute approximate surface area is 235 Å². The van der Waals surface area contributed by atoms with Crippen molar-refractivity contribution in [2.45, 2.75) is 84.1 Å². The SMILES string of the molecule is CC(C)(C)OC(=O)N[C@H](C(=O)N1C[C@H](Oc2nccc3ccccc23)C[C@H]1C(=O)NC1CCOB1O)C(C)(C)C. The van der Waals surface area contributed by atoms with Crippen LogP contribution >= 0.6 is 0 Å². The molecule has 1 unspecified atom stereocenters. The van der Waals surface area contributed by atoms with Gasteiger partial charge >= 0.3 is 13.2 Å². The van der Waals surface area contributed by atoms with Gasteiger partial charge in [0.05, 0.1) is 12.5 Å². The molecule has 0 aliphatic carbocycles. The maximum atomic E-state index is 14.1. The molecule has 2 aliphatic rings. The molecule has 2 saturated heterocycles. The number of carbonyl (C=O) groups excluding carboxylic acids is 3. The van der Waals surface area contributed by atoms with Gasteiger partial charge in [-0.1, -0.05) is 39.0 Å². The first-order valence-corrected chi connectivity index (χ1v) is 13.6. The smallest absolute Gasteiger partial charge is 0.472 e. The van der Waals surface area contributed by atoms with E-state index in [0.717, 1.165) is 10.8 Å². The van der Waals surface area contributed by atoms with Gasteiger partial charge in [-0.25, -0.2) is 9.78 Å². The van der Waals surface area contributed by atoms with Gasteiger partial charge in [-0.05, 0) is 50.1 Å². The fourth-order valence-electron chi connectivity index (χ4n) is 4.96. The van der Waals surface area contributed by atoms with Crippen molar-refractivity contribution >= 4 is 35.8 Å². The third kappa shape index (κ3) is 7.03. The van der Waals surface area contributed by atoms with Gasteiger partial charge in [-0.2, -0.15) is 0 Å². The third-order valence-electron chi connectivity index (χ3n) is 6.93. The molecule has 0 bridgehead atoms. The monoisotopic (exact) mass is 554 g/mol. The maximum Gasteiger partial charge on any atom is 0.478 e. The van der Waals surface area contributed by atoms with Gasteiger partial charge in [0, 0.05) is 24.6 Å². The van der Waals surface area contributed by atoms with Crippen LogP contribution in [0.15, 0.2) is 36.5 Å². The lowest BCUT2D eigenvalue weighted by Crippen LogP contribution is -2.59. The number of ether oxygens (including phenoxy) is 2. The fraction of sp³-hybridized carbons (Fsp3) is 0.571. The van der Waals surface area contributed by atoms with Crippen LogP contribution in [0.2, 0.25) is 0 Å². The molecule has 4 atom stereocenters. The zero-order valence-corrected chi connectivity index (χ0v) is 24.0. The second kappa shape index (κ2) is 11.6. The number of carbonyl (C=O) groups is 3. The molecule has 2 fully saturated rings. The Morgan fingerprint density at radius 3 is 2.52 bits per heavy atom. The summed E-state index contributed by atoms with van der Waals surface area (Å²) in [5, 5.41) is 17.4. The van der Waals surface area contributed by atoms with Crippen LogP contribution in [0.5, 0.6) is 5.88 Å². The molecule has 1 aromatic carbocycles. The van der Waals surface area contributed by atoms with E-state index in [0.29, 0.717) is 18.9 Å². The molecule has 2 aromatic rings. The normalized spacial score (nSPS) is 22.2. The number of benzene rings is 1. The molecule has 0 radical (unpaired) electrons. The van der Waals surface area contributed by atoms with Crippen LogP contribution in [0.4, 0.5) is 4.79 Å². The van der Waals surface area contributed by atoms with Gasteiger partial charge in [0.2, 0.25) is 17.7 Å². The molecule has 0 saturated carbocycles. The van der Waals surface area contributed by atoms with E-state index >= 15 is 0 Å². The summed E-state index contributed by atoms with van der Waals surface area (Å²) < 4.78 is 16.9. The molecule has 3 N–H and O–H groups in total. The summed E-state index contributed by atoms with van der Waals surface area (Å²) in [6.45, 7) is 11.1. The lowest BCUT2D eigenvalue weighted by Gasteiger charge is -2.35. The largest absolute Gasteiger partial charge is 0.478 e. The number of aromatic nitrogens is 1. The van der Waals surface area contributed by atoms with Crippen LogP contribution in [0.1, 0.15) is 54.4 Å². The first-order valence-electron chi connectivity index (χ1n) is 13.6. The highest BCUT2D eigenvalue weighted by Gasteiger charge is 2.47. The van der Waals surface area contributed by atoms with Crippen molar-refractivity contribution in [3.63, 3.8) is 0 Å². The summed E-state index contributed by atoms with van der Waals surface area (Å²) in [6.07, 6.45) is 1.06. The summed E-state index contributed by atoms with van der Waals surface area (Å²) in [7, 11) is -1.11. The molecule has 216 valence electrons. The number of rotatable bonds is 6. The second-order valence-corrected chi connectivity index (χ2v) is 12.4. The summed E-state index contributed by atoms with van der Waals surface area (Å²) in [6, 6.07) is 7.68. The van der Waals surface area contributed by atoms with Crippen molar-refractivity contribution in [2.24, 2.45) is 5.41 Å². The molecular formula is C28H39BN4O7. The van der Waals surface area contributed by atoms with E-state index in [4.69, 9.17) is 14.1 Å². The van der Waals surface area contributed by atoms with Crippen molar-refractivity contribution in [3.05, 3.63) is 36.5 Å². The van der Waals surface area contributed by atoms with Crippen molar-refractivity contribution in [3.8, 4) is 5.88 Å². The lowest BCUT2D eigenvalue weighted by molar-refractivity contribution is -0.142. The van der Waals surface area contributed by atoms with Gasteiger partial charge in [0.15, 0.2) is 0 Å². The number of nitrogens with one attached hydrogen (secondary N) is 2. The minimum absolute atomic E-state index is 0.105. The van der Waals surface area contributed by atoms with Crippen LogP contribution in [-0.2, 0) is 19.0 Å². The zero-order valence-electron chi connectivity index (χ0n) is 24.0. The van der Waals surface area contributed by atoms with Gasteiger partial charge < -0.3 is 34.7 Å². The molecule has 3 heterocycles. The highest BCUT2D eigenvalue weighted by molar-refractivity contribution is 6.46. The van der Waals surface area contributed by atoms with Gasteiger partial charge in [0.25, 0.3) is 0 Å². The standard InChI is InChI=1S/C28H39BN4O7/c1-27(2,3)22(32-26(36)40-28(4,5)6)25(35)33-16-18(15-20(33)23(34)31-21-12-14-38-29(21)37)39-24-19-10-8-7-9-17(19)11-13-30-24/h7-11,13,18,20-22,37H,12,14-16H2,1-6H3,(H,31,34)(H,32,36)/t18-,20+,21?,22-/m1/s1. The fourth-order valence-corrected chi connectivity index (χ4v) is 4.96. The van der Waals surface area contributed by atoms with E-state index in [1.54, 1.807) is 27.0 Å². The van der Waals surface area contributed by atoms with Gasteiger partial charge in [-0.15, -0.1) is 0 Å². The molecule has 2 aliphatic heterocycles. The molecule has 3 amide bonds. The number of alkyl carbamates (subject to hydrolysis) is 1. The highest BCUT2D eigenvalue weighted by atomic mass is 16.6. The number of amides is 3. The average molecular weight is 554 g/mol. The van der Waals surface area contributed by atoms with Gasteiger partial charge in [0.1, 0.15) is 23.8 Å². The Hall–Kier alpha value is -3.38. The first kappa shape index (κ1) is 29.6. The highest BCUT2D eigenvalue weighted by Crippen LogP contribution is 2.30. The Balaban J connectivity index is 1.59. The van der Waals surface area contributed by atoms with Crippen LogP contribution in [-0.4, -0.2) is 82.8 Å². The Bertz CT molecular complexity index is 1240. The predicted molar refractivity (Wildman–Crippen MR) is 149 cm³/mol. The topological polar surface area (TPSA) is 139 Å². The number of hydrogen-bond acceptors (Lipinski definition) is 8. The molecule has 40 heavy (non-hydrogen) atoms. The molecule has 0 spiro atoms. The average Bonchev–Trinajstić information content (AvgIpc) is 3.46. The first-order chi connectivity index (χ1) is 18.7. The molecule has 4 rings (SSSR count). The van der Waals surface area contributed by atoms with E-state index in [2.05, 4.69) is 15.6 Å². The summed E-state index contributed by atoms with van der Waals surface area (Å²) in [4.78, 5) is 46.1. The predicted octanol–water partition coefficient (Wildman–Crippen LogP) is 2.45. The molecular weight excluding hydrogens is 515 g/mol. The summed E-state index contributed by atoms with van der Waals surface area (Å²) in [5.41, 5.74) is -1.44. The summed E-state index contributed by atoms with van der Waals surface area (Å²) >= 11 is 0. The lowest BCUT2D eigenvalue weighted by atomic mass is 9.80. The second-order valence-electron chi connectivity index (χ2n) is 12.4. The van der Waals surface area contributed by atoms with Crippen LogP contribution in [0, 0.1) is 5.41 Å². The Morgan fingerprint density at radius 2 is 1.88 bits per heavy atom. The van der Waals surface area contributed by atoms with Crippen molar-refractivity contribution in [2.75, 3.05) is 13.2 Å². The minimum Gasteiger partial charge on any atom is -0.472 e. The van der Waals surface area contributed by atoms with Crippen LogP contribution < -0.4 is 15.4 Å². The van der Waals surface area contributed by atoms with E-state index in [1.807, 2.05) is 51.1 Å². The molecule has 1 aromatic heterocycles. The van der Waals surface area contributed by atoms with Gasteiger partial charge in [-0.3, -0.25) is 9.59 Å². The van der Waals surface area contributed by atoms with Crippen molar-refractivity contribution < 1.29 is 33.5 Å². The summed E-state index contributed by atoms with van der Waals surface area (Å²) in [5.74, 6) is -1.03. The quantitative estimate of drug-likeness (QED) is 0.463. The Morgan fingerprint density at radius 1 is 1.15 bits per heavy atom. The van der Waals surface area contributed by atoms with E-state index in [1.165, 1.54) is 4.90 Å². The van der Waals surface area contributed by atoms with E-state index in [9.17, 15) is 19.4 Å². The van der Waals surface area contributed by atoms with Crippen molar-refractivity contribution in [1.82, 2.24) is 20.5 Å². The van der Waals surface area contributed by atoms with Crippen molar-refractivity contribution in [1.29, 1.82) is 0 Å². The number of pyridine rings is 1. The van der Waals surface area contributed by atoms with E-state index in [-0.39, 0.29) is 13.0 Å². The molecule has 12 heteroatoms. The Kier molecular flexibility index (Phi) is 8.60. The van der Waals surface area contributed by atoms with E-state index < -0.39 is 60.2 Å². The number of hydrogen-bond donors (Lipinski definition) is 3. The maximum absolute atomic E-state index is 14.1. The zero-order chi connectivity index (χ0) is 29.2. The van der Waals surface area contributed by atoms with Crippen LogP contribution in [0.3, 0.4) is 0 Å².